The van der Waals surface area contributed by atoms with E-state index in [0.717, 1.165) is 10.1 Å². The Morgan fingerprint density at radius 3 is 2.64 bits per heavy atom. The van der Waals surface area contributed by atoms with E-state index in [1.165, 1.54) is 12.1 Å². The molecule has 0 unspecified atom stereocenters. The van der Waals surface area contributed by atoms with Crippen LogP contribution in [0.2, 0.25) is 5.02 Å². The molecule has 0 saturated carbocycles. The summed E-state index contributed by atoms with van der Waals surface area (Å²) in [6.45, 7) is 1.60. The molecule has 0 aliphatic heterocycles. The summed E-state index contributed by atoms with van der Waals surface area (Å²) in [6.07, 6.45) is 0.476. The van der Waals surface area contributed by atoms with E-state index < -0.39 is 11.2 Å². The molecule has 33 heavy (non-hydrogen) atoms. The van der Waals surface area contributed by atoms with Crippen molar-refractivity contribution in [3.63, 3.8) is 0 Å². The molecule has 0 radical (unpaired) electrons. The van der Waals surface area contributed by atoms with Gasteiger partial charge in [0.25, 0.3) is 5.56 Å². The molecule has 170 valence electrons. The Kier molecular flexibility index (Phi) is 6.57. The first-order valence-electron chi connectivity index (χ1n) is 10.3. The molecule has 0 atom stereocenters. The van der Waals surface area contributed by atoms with E-state index in [0.29, 0.717) is 27.8 Å². The minimum Gasteiger partial charge on any atom is -0.455 e. The van der Waals surface area contributed by atoms with Crippen molar-refractivity contribution < 1.29 is 14.2 Å². The Morgan fingerprint density at radius 2 is 1.94 bits per heavy atom. The Morgan fingerprint density at radius 1 is 1.18 bits per heavy atom. The monoisotopic (exact) mass is 469 g/mol. The second kappa shape index (κ2) is 9.56. The lowest BCUT2D eigenvalue weighted by molar-refractivity contribution is 0.278. The summed E-state index contributed by atoms with van der Waals surface area (Å²) in [6, 6.07) is 12.7. The number of aliphatic hydroxyl groups is 1. The maximum absolute atomic E-state index is 13.5. The first kappa shape index (κ1) is 22.7. The third-order valence-electron chi connectivity index (χ3n) is 5.20. The van der Waals surface area contributed by atoms with Gasteiger partial charge in [-0.15, -0.1) is 0 Å². The van der Waals surface area contributed by atoms with E-state index in [4.69, 9.17) is 21.4 Å². The van der Waals surface area contributed by atoms with Crippen LogP contribution in [-0.4, -0.2) is 26.2 Å². The quantitative estimate of drug-likeness (QED) is 0.427. The van der Waals surface area contributed by atoms with Gasteiger partial charge in [-0.25, -0.2) is 14.2 Å². The zero-order valence-electron chi connectivity index (χ0n) is 17.8. The van der Waals surface area contributed by atoms with E-state index in [1.54, 1.807) is 43.3 Å². The number of benzene rings is 2. The Bertz CT molecular complexity index is 1430. The average molecular weight is 470 g/mol. The highest BCUT2D eigenvalue weighted by molar-refractivity contribution is 6.30. The molecule has 2 N–H and O–H groups in total. The number of hydrogen-bond donors (Lipinski definition) is 2. The van der Waals surface area contributed by atoms with E-state index in [1.807, 2.05) is 0 Å². The fourth-order valence-corrected chi connectivity index (χ4v) is 3.84. The van der Waals surface area contributed by atoms with Crippen LogP contribution in [0.25, 0.3) is 11.0 Å². The van der Waals surface area contributed by atoms with Gasteiger partial charge >= 0.3 is 5.69 Å². The Labute approximate surface area is 193 Å². The summed E-state index contributed by atoms with van der Waals surface area (Å²) >= 11 is 6.10. The van der Waals surface area contributed by atoms with Gasteiger partial charge in [0.05, 0.1) is 11.1 Å². The molecule has 0 amide bonds. The number of aromatic amines is 1. The van der Waals surface area contributed by atoms with Crippen molar-refractivity contribution in [2.24, 2.45) is 0 Å². The lowest BCUT2D eigenvalue weighted by Crippen LogP contribution is -2.36. The van der Waals surface area contributed by atoms with Crippen LogP contribution in [0, 0.1) is 12.7 Å². The number of H-pyrrole nitrogens is 1. The molecule has 2 aromatic carbocycles. The molecule has 0 fully saturated rings. The van der Waals surface area contributed by atoms with Crippen molar-refractivity contribution in [3.8, 4) is 11.5 Å². The van der Waals surface area contributed by atoms with Gasteiger partial charge in [-0.2, -0.15) is 0 Å². The fraction of sp³-hybridized carbons (Fsp3) is 0.208. The van der Waals surface area contributed by atoms with Crippen molar-refractivity contribution in [2.75, 3.05) is 6.61 Å². The largest absolute Gasteiger partial charge is 0.455 e. The standard InChI is InChI=1S/C24H21ClFN3O4/c1-14-21(33-18-5-2-4-16(25)13-18)19(12-15-6-8-17(26)9-7-15)20-22(27-14)28-24(32)29(23(20)31)10-3-11-30/h2,4-9,13,30H,3,10-12H2,1H3,(H,27,28,32). The average Bonchev–Trinajstić information content (AvgIpc) is 2.77. The zero-order valence-corrected chi connectivity index (χ0v) is 18.5. The van der Waals surface area contributed by atoms with Gasteiger partial charge in [0.15, 0.2) is 5.75 Å². The molecule has 0 aliphatic rings. The maximum atomic E-state index is 13.5. The minimum atomic E-state index is -0.607. The highest BCUT2D eigenvalue weighted by atomic mass is 35.5. The predicted octanol–water partition coefficient (Wildman–Crippen LogP) is 3.95. The molecule has 2 aromatic heterocycles. The molecule has 2 heterocycles. The number of pyridine rings is 1. The van der Waals surface area contributed by atoms with Gasteiger partial charge in [-0.1, -0.05) is 29.8 Å². The summed E-state index contributed by atoms with van der Waals surface area (Å²) in [5, 5.41) is 9.84. The molecule has 0 bridgehead atoms. The molecule has 0 aliphatic carbocycles. The number of hydrogen-bond acceptors (Lipinski definition) is 5. The zero-order chi connectivity index (χ0) is 23.5. The normalized spacial score (nSPS) is 11.2. The van der Waals surface area contributed by atoms with E-state index in [-0.39, 0.29) is 42.8 Å². The number of ether oxygens (including phenoxy) is 1. The van der Waals surface area contributed by atoms with Crippen molar-refractivity contribution in [2.45, 2.75) is 26.3 Å². The van der Waals surface area contributed by atoms with Gasteiger partial charge in [-0.3, -0.25) is 14.3 Å². The highest BCUT2D eigenvalue weighted by Gasteiger charge is 2.21. The van der Waals surface area contributed by atoms with Crippen molar-refractivity contribution in [1.82, 2.24) is 14.5 Å². The first-order chi connectivity index (χ1) is 15.9. The summed E-state index contributed by atoms with van der Waals surface area (Å²) < 4.78 is 20.6. The number of rotatable bonds is 7. The van der Waals surface area contributed by atoms with Crippen LogP contribution in [0.15, 0.2) is 58.1 Å². The van der Waals surface area contributed by atoms with Gasteiger partial charge < -0.3 is 9.84 Å². The van der Waals surface area contributed by atoms with E-state index >= 15 is 0 Å². The Balaban J connectivity index is 1.97. The summed E-state index contributed by atoms with van der Waals surface area (Å²) in [5.74, 6) is 0.435. The van der Waals surface area contributed by atoms with Gasteiger partial charge in [0.1, 0.15) is 17.2 Å². The lowest BCUT2D eigenvalue weighted by atomic mass is 10.0. The number of halogens is 2. The minimum absolute atomic E-state index is 0.0506. The van der Waals surface area contributed by atoms with Crippen LogP contribution in [0.3, 0.4) is 0 Å². The summed E-state index contributed by atoms with van der Waals surface area (Å²) in [5.41, 5.74) is 0.697. The molecule has 9 heteroatoms. The SMILES string of the molecule is Cc1nc2[nH]c(=O)n(CCCO)c(=O)c2c(Cc2ccc(F)cc2)c1Oc1cccc(Cl)c1. The fourth-order valence-electron chi connectivity index (χ4n) is 3.66. The number of aromatic nitrogens is 3. The van der Waals surface area contributed by atoms with E-state index in [2.05, 4.69) is 9.97 Å². The van der Waals surface area contributed by atoms with Gasteiger partial charge in [-0.05, 0) is 49.2 Å². The van der Waals surface area contributed by atoms with Crippen LogP contribution in [0.1, 0.15) is 23.2 Å². The second-order valence-electron chi connectivity index (χ2n) is 7.56. The van der Waals surface area contributed by atoms with Crippen LogP contribution in [0.4, 0.5) is 4.39 Å². The molecule has 4 aromatic rings. The number of aryl methyl sites for hydroxylation is 1. The van der Waals surface area contributed by atoms with Gasteiger partial charge in [0, 0.05) is 30.2 Å². The van der Waals surface area contributed by atoms with E-state index in [9.17, 15) is 14.0 Å². The number of nitrogens with one attached hydrogen (secondary N) is 1. The van der Waals surface area contributed by atoms with Crippen molar-refractivity contribution >= 4 is 22.6 Å². The van der Waals surface area contributed by atoms with Crippen molar-refractivity contribution in [3.05, 3.63) is 97.0 Å². The maximum Gasteiger partial charge on any atom is 0.329 e. The van der Waals surface area contributed by atoms with Crippen LogP contribution >= 0.6 is 11.6 Å². The first-order valence-corrected chi connectivity index (χ1v) is 10.7. The van der Waals surface area contributed by atoms with Gasteiger partial charge in [0.2, 0.25) is 0 Å². The van der Waals surface area contributed by atoms with Crippen LogP contribution in [0.5, 0.6) is 11.5 Å². The molecule has 0 saturated heterocycles. The number of nitrogens with zero attached hydrogens (tertiary/aromatic N) is 2. The second-order valence-corrected chi connectivity index (χ2v) is 7.99. The lowest BCUT2D eigenvalue weighted by Gasteiger charge is -2.17. The molecule has 7 nitrogen and oxygen atoms in total. The molecular formula is C24H21ClFN3O4. The molecule has 4 rings (SSSR count). The molecular weight excluding hydrogens is 449 g/mol. The number of aliphatic hydroxyl groups excluding tert-OH is 1. The predicted molar refractivity (Wildman–Crippen MR) is 124 cm³/mol. The number of fused-ring (bicyclic) bond motifs is 1. The summed E-state index contributed by atoms with van der Waals surface area (Å²) in [4.78, 5) is 32.9. The third kappa shape index (κ3) is 4.81. The Hall–Kier alpha value is -3.49. The van der Waals surface area contributed by atoms with Crippen LogP contribution < -0.4 is 16.0 Å². The third-order valence-corrected chi connectivity index (χ3v) is 5.44. The summed E-state index contributed by atoms with van der Waals surface area (Å²) in [7, 11) is 0. The van der Waals surface area contributed by atoms with Crippen LogP contribution in [-0.2, 0) is 13.0 Å². The smallest absolute Gasteiger partial charge is 0.329 e. The molecule has 0 spiro atoms. The van der Waals surface area contributed by atoms with Crippen molar-refractivity contribution in [1.29, 1.82) is 0 Å². The topological polar surface area (TPSA) is 97.2 Å². The highest BCUT2D eigenvalue weighted by Crippen LogP contribution is 2.34.